The summed E-state index contributed by atoms with van der Waals surface area (Å²) >= 11 is 0. The number of aliphatic hydroxyl groups is 2. The lowest BCUT2D eigenvalue weighted by atomic mass is 10.0. The predicted octanol–water partition coefficient (Wildman–Crippen LogP) is -0.216. The monoisotopic (exact) mass is 497 g/mol. The Balaban J connectivity index is 2.05. The number of carboxylic acids is 1. The Bertz CT molecular complexity index is 1010. The third-order valence-corrected chi connectivity index (χ3v) is 5.48. The van der Waals surface area contributed by atoms with Crippen molar-refractivity contribution in [3.63, 3.8) is 0 Å². The minimum absolute atomic E-state index is 0.0627. The van der Waals surface area contributed by atoms with Crippen LogP contribution in [0.4, 0.5) is 10.6 Å². The zero-order chi connectivity index (χ0) is 26.4. The van der Waals surface area contributed by atoms with Crippen LogP contribution in [0.1, 0.15) is 39.8 Å². The fourth-order valence-corrected chi connectivity index (χ4v) is 3.31. The molecule has 14 nitrogen and oxygen atoms in total. The van der Waals surface area contributed by atoms with Crippen molar-refractivity contribution in [3.05, 3.63) is 34.9 Å². The number of carbonyl (C=O) groups excluding carboxylic acids is 2. The lowest BCUT2D eigenvalue weighted by Crippen LogP contribution is -2.53. The van der Waals surface area contributed by atoms with Crippen LogP contribution in [-0.2, 0) is 19.1 Å². The highest BCUT2D eigenvalue weighted by molar-refractivity contribution is 5.86. The van der Waals surface area contributed by atoms with E-state index < -0.39 is 54.2 Å². The quantitative estimate of drug-likeness (QED) is 0.0939. The number of aliphatic carboxylic acids is 1. The molecule has 1 aliphatic heterocycles. The SMILES string of the molecule is C=C1[C@H](C(O)O)CO[C@H]1n1ccc(NC(=O)O[C@H](C(=O)O)[C@H](C)N(N)C(=O)CCC(C)C)nc1=O. The summed E-state index contributed by atoms with van der Waals surface area (Å²) in [5, 5.41) is 31.0. The molecule has 1 saturated heterocycles. The molecule has 194 valence electrons. The van der Waals surface area contributed by atoms with E-state index in [1.54, 1.807) is 0 Å². The van der Waals surface area contributed by atoms with Crippen LogP contribution in [0.3, 0.4) is 0 Å². The average Bonchev–Trinajstić information content (AvgIpc) is 3.16. The number of nitrogens with zero attached hydrogens (tertiary/aromatic N) is 3. The first-order valence-electron chi connectivity index (χ1n) is 10.9. The van der Waals surface area contributed by atoms with Gasteiger partial charge in [0.25, 0.3) is 0 Å². The van der Waals surface area contributed by atoms with E-state index in [2.05, 4.69) is 16.9 Å². The number of amides is 2. The lowest BCUT2D eigenvalue weighted by Gasteiger charge is -2.28. The summed E-state index contributed by atoms with van der Waals surface area (Å²) in [5.41, 5.74) is -0.592. The van der Waals surface area contributed by atoms with E-state index >= 15 is 0 Å². The van der Waals surface area contributed by atoms with Crippen molar-refractivity contribution in [1.82, 2.24) is 14.6 Å². The van der Waals surface area contributed by atoms with Crippen LogP contribution in [0, 0.1) is 11.8 Å². The molecule has 2 heterocycles. The van der Waals surface area contributed by atoms with Gasteiger partial charge in [0.05, 0.1) is 18.6 Å². The van der Waals surface area contributed by atoms with Gasteiger partial charge in [-0.2, -0.15) is 4.98 Å². The second-order valence-electron chi connectivity index (χ2n) is 8.55. The lowest BCUT2D eigenvalue weighted by molar-refractivity contribution is -0.152. The number of nitrogens with two attached hydrogens (primary N) is 1. The smallest absolute Gasteiger partial charge is 0.413 e. The molecule has 2 amide bonds. The van der Waals surface area contributed by atoms with Crippen LogP contribution in [0.5, 0.6) is 0 Å². The van der Waals surface area contributed by atoms with Crippen LogP contribution in [0.25, 0.3) is 0 Å². The first kappa shape index (κ1) is 27.9. The van der Waals surface area contributed by atoms with Gasteiger partial charge in [-0.25, -0.2) is 20.2 Å². The molecular formula is C21H31N5O9. The minimum atomic E-state index is -1.79. The van der Waals surface area contributed by atoms with E-state index in [0.29, 0.717) is 6.42 Å². The molecular weight excluding hydrogens is 466 g/mol. The molecule has 0 aliphatic carbocycles. The van der Waals surface area contributed by atoms with Gasteiger partial charge < -0.3 is 24.8 Å². The van der Waals surface area contributed by atoms with Gasteiger partial charge in [0.2, 0.25) is 12.0 Å². The van der Waals surface area contributed by atoms with Gasteiger partial charge in [-0.15, -0.1) is 0 Å². The number of aliphatic hydroxyl groups excluding tert-OH is 1. The molecule has 4 atom stereocenters. The van der Waals surface area contributed by atoms with Crippen LogP contribution in [0.2, 0.25) is 0 Å². The Labute approximate surface area is 200 Å². The van der Waals surface area contributed by atoms with Crippen molar-refractivity contribution in [1.29, 1.82) is 0 Å². The van der Waals surface area contributed by atoms with E-state index in [-0.39, 0.29) is 30.3 Å². The van der Waals surface area contributed by atoms with Gasteiger partial charge in [0.1, 0.15) is 5.82 Å². The molecule has 6 N–H and O–H groups in total. The summed E-state index contributed by atoms with van der Waals surface area (Å²) in [6, 6.07) is 0.0468. The Morgan fingerprint density at radius 2 is 2.03 bits per heavy atom. The molecule has 1 aromatic rings. The number of carbonyl (C=O) groups is 3. The number of aromatic nitrogens is 2. The molecule has 14 heteroatoms. The van der Waals surface area contributed by atoms with Crippen molar-refractivity contribution in [2.24, 2.45) is 17.7 Å². The fourth-order valence-electron chi connectivity index (χ4n) is 3.31. The largest absolute Gasteiger partial charge is 0.478 e. The molecule has 0 saturated carbocycles. The molecule has 35 heavy (non-hydrogen) atoms. The van der Waals surface area contributed by atoms with Crippen molar-refractivity contribution >= 4 is 23.8 Å². The fraction of sp³-hybridized carbons (Fsp3) is 0.571. The van der Waals surface area contributed by atoms with Crippen LogP contribution < -0.4 is 16.8 Å². The molecule has 2 rings (SSSR count). The summed E-state index contributed by atoms with van der Waals surface area (Å²) in [5.74, 6) is 2.94. The highest BCUT2D eigenvalue weighted by Crippen LogP contribution is 2.33. The summed E-state index contributed by atoms with van der Waals surface area (Å²) in [6.45, 7) is 8.83. The highest BCUT2D eigenvalue weighted by Gasteiger charge is 2.36. The van der Waals surface area contributed by atoms with Gasteiger partial charge in [-0.1, -0.05) is 20.4 Å². The van der Waals surface area contributed by atoms with Gasteiger partial charge in [0, 0.05) is 12.6 Å². The Hall–Kier alpha value is -3.33. The Morgan fingerprint density at radius 3 is 2.54 bits per heavy atom. The molecule has 0 bridgehead atoms. The van der Waals surface area contributed by atoms with Crippen molar-refractivity contribution in [2.75, 3.05) is 11.9 Å². The number of ether oxygens (including phenoxy) is 2. The standard InChI is InChI=1S/C21H31N5O9/c1-10(2)5-6-15(27)26(22)12(4)16(19(30)31)35-21(33)24-14-7-8-25(20(32)23-14)17-11(3)13(9-34-17)18(28)29/h7-8,10,12-13,16-18,28-29H,3,5-6,9,22H2,1-2,4H3,(H,30,31)(H,23,24,32,33)/t12-,13+,16-,17+/m0/s1. The Kier molecular flexibility index (Phi) is 9.47. The second kappa shape index (κ2) is 11.9. The maximum absolute atomic E-state index is 12.4. The number of rotatable bonds is 10. The van der Waals surface area contributed by atoms with Crippen molar-refractivity contribution in [3.8, 4) is 0 Å². The predicted molar refractivity (Wildman–Crippen MR) is 120 cm³/mol. The average molecular weight is 498 g/mol. The van der Waals surface area contributed by atoms with Crippen molar-refractivity contribution in [2.45, 2.75) is 58.3 Å². The number of nitrogens with one attached hydrogen (secondary N) is 1. The molecule has 1 aliphatic rings. The van der Waals surface area contributed by atoms with E-state index in [1.807, 2.05) is 13.8 Å². The van der Waals surface area contributed by atoms with E-state index in [1.165, 1.54) is 19.2 Å². The highest BCUT2D eigenvalue weighted by atomic mass is 16.6. The van der Waals surface area contributed by atoms with Gasteiger partial charge in [0.15, 0.2) is 12.5 Å². The minimum Gasteiger partial charge on any atom is -0.478 e. The molecule has 0 radical (unpaired) electrons. The van der Waals surface area contributed by atoms with E-state index in [9.17, 15) is 34.5 Å². The normalized spacial score (nSPS) is 19.5. The number of carboxylic acid groups (broad SMARTS) is 1. The first-order valence-corrected chi connectivity index (χ1v) is 10.9. The molecule has 0 unspecified atom stereocenters. The van der Waals surface area contributed by atoms with Gasteiger partial charge in [-0.05, 0) is 30.9 Å². The number of hydrogen-bond donors (Lipinski definition) is 5. The summed E-state index contributed by atoms with van der Waals surface area (Å²) < 4.78 is 11.4. The number of hydrazine groups is 1. The zero-order valence-corrected chi connectivity index (χ0v) is 19.7. The maximum atomic E-state index is 12.4. The summed E-state index contributed by atoms with van der Waals surface area (Å²) in [4.78, 5) is 52.2. The first-order chi connectivity index (χ1) is 16.3. The maximum Gasteiger partial charge on any atom is 0.413 e. The molecule has 0 aromatic carbocycles. The second-order valence-corrected chi connectivity index (χ2v) is 8.55. The Morgan fingerprint density at radius 1 is 1.37 bits per heavy atom. The van der Waals surface area contributed by atoms with Crippen LogP contribution in [-0.4, -0.2) is 72.9 Å². The summed E-state index contributed by atoms with van der Waals surface area (Å²) in [6.07, 6.45) is -3.82. The van der Waals surface area contributed by atoms with E-state index in [4.69, 9.17) is 15.3 Å². The molecule has 1 aromatic heterocycles. The van der Waals surface area contributed by atoms with Crippen LogP contribution in [0.15, 0.2) is 29.2 Å². The van der Waals surface area contributed by atoms with Crippen molar-refractivity contribution < 1.29 is 39.2 Å². The molecule has 0 spiro atoms. The third-order valence-electron chi connectivity index (χ3n) is 5.48. The molecule has 1 fully saturated rings. The summed E-state index contributed by atoms with van der Waals surface area (Å²) in [7, 11) is 0. The van der Waals surface area contributed by atoms with E-state index in [0.717, 1.165) is 9.58 Å². The number of hydrogen-bond acceptors (Lipinski definition) is 10. The topological polar surface area (TPSA) is 207 Å². The third kappa shape index (κ3) is 7.08. The van der Waals surface area contributed by atoms with Gasteiger partial charge >= 0.3 is 17.8 Å². The van der Waals surface area contributed by atoms with Crippen LogP contribution >= 0.6 is 0 Å². The zero-order valence-electron chi connectivity index (χ0n) is 19.7. The van der Waals surface area contributed by atoms with Gasteiger partial charge in [-0.3, -0.25) is 19.7 Å². The number of anilines is 1.